The van der Waals surface area contributed by atoms with Crippen molar-refractivity contribution in [3.05, 3.63) is 71.8 Å². The van der Waals surface area contributed by atoms with Gasteiger partial charge in [0.15, 0.2) is 6.61 Å². The van der Waals surface area contributed by atoms with Crippen LogP contribution in [-0.2, 0) is 4.79 Å². The summed E-state index contributed by atoms with van der Waals surface area (Å²) in [5, 5.41) is 6.19. The molecule has 0 saturated heterocycles. The summed E-state index contributed by atoms with van der Waals surface area (Å²) in [6.45, 7) is 9.60. The topological polar surface area (TPSA) is 63.2 Å². The molecule has 1 amide bonds. The summed E-state index contributed by atoms with van der Waals surface area (Å²) in [6.07, 6.45) is 4.96. The van der Waals surface area contributed by atoms with E-state index >= 15 is 0 Å². The van der Waals surface area contributed by atoms with E-state index < -0.39 is 0 Å². The van der Waals surface area contributed by atoms with Crippen LogP contribution in [0.25, 0.3) is 16.3 Å². The molecule has 0 aliphatic carbocycles. The highest BCUT2D eigenvalue weighted by molar-refractivity contribution is 5.92. The van der Waals surface area contributed by atoms with Crippen LogP contribution in [-0.4, -0.2) is 37.9 Å². The summed E-state index contributed by atoms with van der Waals surface area (Å²) >= 11 is 0. The van der Waals surface area contributed by atoms with Crippen molar-refractivity contribution in [3.63, 3.8) is 0 Å². The third-order valence-electron chi connectivity index (χ3n) is 6.28. The number of ether oxygens (including phenoxy) is 2. The predicted molar refractivity (Wildman–Crippen MR) is 144 cm³/mol. The summed E-state index contributed by atoms with van der Waals surface area (Å²) in [5.74, 6) is 1.04. The largest absolute Gasteiger partial charge is 0.496 e. The number of hydrazone groups is 1. The van der Waals surface area contributed by atoms with Gasteiger partial charge >= 0.3 is 0 Å². The molecule has 1 N–H and O–H groups in total. The van der Waals surface area contributed by atoms with Crippen molar-refractivity contribution < 1.29 is 14.3 Å². The quantitative estimate of drug-likeness (QED) is 0.334. The second kappa shape index (κ2) is 10.2. The van der Waals surface area contributed by atoms with Crippen LogP contribution < -0.4 is 19.8 Å². The molecular weight excluding hydrogens is 438 g/mol. The Morgan fingerprint density at radius 2 is 1.89 bits per heavy atom. The standard InChI is InChI=1S/C29H33N3O3/c1-6-14-32-25-16-27(34-5)22(15-24(25)20(2)17-29(32,3)4)18-30-31-28(33)19-35-26-13-9-11-21-10-7-8-12-23(21)26/h7-13,15-18H,6,14,19H2,1-5H3,(H,31,33)/b30-18+. The van der Waals surface area contributed by atoms with E-state index in [1.165, 1.54) is 5.57 Å². The van der Waals surface area contributed by atoms with Crippen molar-refractivity contribution in [1.82, 2.24) is 5.43 Å². The van der Waals surface area contributed by atoms with Crippen LogP contribution in [0.1, 0.15) is 45.2 Å². The summed E-state index contributed by atoms with van der Waals surface area (Å²) in [5.41, 5.74) is 6.78. The minimum absolute atomic E-state index is 0.0776. The summed E-state index contributed by atoms with van der Waals surface area (Å²) in [4.78, 5) is 14.8. The molecule has 0 bridgehead atoms. The van der Waals surface area contributed by atoms with Gasteiger partial charge in [-0.3, -0.25) is 4.79 Å². The Bertz CT molecular complexity index is 1290. The number of hydrogen-bond donors (Lipinski definition) is 1. The average molecular weight is 472 g/mol. The molecule has 3 aromatic rings. The van der Waals surface area contributed by atoms with Gasteiger partial charge in [-0.15, -0.1) is 0 Å². The molecule has 3 aromatic carbocycles. The number of nitrogens with zero attached hydrogens (tertiary/aromatic N) is 2. The number of nitrogens with one attached hydrogen (secondary N) is 1. The molecule has 0 spiro atoms. The first-order valence-electron chi connectivity index (χ1n) is 12.0. The van der Waals surface area contributed by atoms with Gasteiger partial charge in [-0.25, -0.2) is 5.43 Å². The lowest BCUT2D eigenvalue weighted by Gasteiger charge is -2.43. The molecule has 6 heteroatoms. The fourth-order valence-electron chi connectivity index (χ4n) is 4.70. The van der Waals surface area contributed by atoms with Crippen LogP contribution in [0.4, 0.5) is 5.69 Å². The number of methoxy groups -OCH3 is 1. The third-order valence-corrected chi connectivity index (χ3v) is 6.28. The van der Waals surface area contributed by atoms with Crippen molar-refractivity contribution in [2.45, 2.75) is 39.7 Å². The van der Waals surface area contributed by atoms with Gasteiger partial charge in [-0.05, 0) is 50.3 Å². The van der Waals surface area contributed by atoms with Gasteiger partial charge in [0.1, 0.15) is 11.5 Å². The number of benzene rings is 3. The van der Waals surface area contributed by atoms with Gasteiger partial charge in [0.05, 0.1) is 18.9 Å². The van der Waals surface area contributed by atoms with Crippen LogP contribution in [0.2, 0.25) is 0 Å². The smallest absolute Gasteiger partial charge is 0.277 e. The van der Waals surface area contributed by atoms with Crippen molar-refractivity contribution >= 4 is 34.2 Å². The Labute approximate surface area is 207 Å². The molecule has 0 radical (unpaired) electrons. The lowest BCUT2D eigenvalue weighted by molar-refractivity contribution is -0.123. The molecule has 182 valence electrons. The second-order valence-electron chi connectivity index (χ2n) is 9.30. The normalized spacial score (nSPS) is 14.5. The van der Waals surface area contributed by atoms with Gasteiger partial charge in [0, 0.05) is 34.8 Å². The number of carbonyl (C=O) groups excluding carboxylic acids is 1. The van der Waals surface area contributed by atoms with E-state index in [4.69, 9.17) is 9.47 Å². The number of carbonyl (C=O) groups is 1. The number of allylic oxidation sites excluding steroid dienone is 1. The van der Waals surface area contributed by atoms with Gasteiger partial charge in [-0.2, -0.15) is 5.10 Å². The van der Waals surface area contributed by atoms with E-state index in [2.05, 4.69) is 61.3 Å². The molecule has 0 unspecified atom stereocenters. The SMILES string of the molecule is CCCN1c2cc(OC)c(/C=N/NC(=O)COc3cccc4ccccc34)cc2C(C)=CC1(C)C. The van der Waals surface area contributed by atoms with Crippen LogP contribution in [0.5, 0.6) is 11.5 Å². The van der Waals surface area contributed by atoms with E-state index in [9.17, 15) is 4.79 Å². The fraction of sp³-hybridized carbons (Fsp3) is 0.310. The molecule has 35 heavy (non-hydrogen) atoms. The fourth-order valence-corrected chi connectivity index (χ4v) is 4.70. The molecule has 1 heterocycles. The highest BCUT2D eigenvalue weighted by atomic mass is 16.5. The molecule has 0 fully saturated rings. The lowest BCUT2D eigenvalue weighted by Crippen LogP contribution is -2.45. The minimum atomic E-state index is -0.335. The van der Waals surface area contributed by atoms with E-state index in [-0.39, 0.29) is 18.1 Å². The molecule has 4 rings (SSSR count). The predicted octanol–water partition coefficient (Wildman–Crippen LogP) is 5.79. The molecule has 1 aliphatic rings. The highest BCUT2D eigenvalue weighted by Crippen LogP contribution is 2.41. The Hall–Kier alpha value is -3.80. The van der Waals surface area contributed by atoms with Gasteiger partial charge in [0.25, 0.3) is 5.91 Å². The number of amides is 1. The minimum Gasteiger partial charge on any atom is -0.496 e. The second-order valence-corrected chi connectivity index (χ2v) is 9.30. The van der Waals surface area contributed by atoms with Crippen molar-refractivity contribution in [3.8, 4) is 11.5 Å². The Morgan fingerprint density at radius 1 is 1.11 bits per heavy atom. The monoisotopic (exact) mass is 471 g/mol. The van der Waals surface area contributed by atoms with Crippen molar-refractivity contribution in [1.29, 1.82) is 0 Å². The Morgan fingerprint density at radius 3 is 2.66 bits per heavy atom. The first-order valence-corrected chi connectivity index (χ1v) is 12.0. The van der Waals surface area contributed by atoms with Crippen LogP contribution in [0, 0.1) is 0 Å². The summed E-state index contributed by atoms with van der Waals surface area (Å²) in [6, 6.07) is 17.8. The summed E-state index contributed by atoms with van der Waals surface area (Å²) in [7, 11) is 1.65. The van der Waals surface area contributed by atoms with E-state index in [0.29, 0.717) is 11.5 Å². The maximum absolute atomic E-state index is 12.4. The summed E-state index contributed by atoms with van der Waals surface area (Å²) < 4.78 is 11.4. The van der Waals surface area contributed by atoms with Gasteiger partial charge in [-0.1, -0.05) is 49.4 Å². The molecule has 0 saturated carbocycles. The maximum atomic E-state index is 12.4. The van der Waals surface area contributed by atoms with E-state index in [1.54, 1.807) is 13.3 Å². The zero-order chi connectivity index (χ0) is 25.0. The van der Waals surface area contributed by atoms with Crippen LogP contribution in [0.15, 0.2) is 65.8 Å². The number of rotatable bonds is 8. The maximum Gasteiger partial charge on any atom is 0.277 e. The van der Waals surface area contributed by atoms with Gasteiger partial charge < -0.3 is 14.4 Å². The Balaban J connectivity index is 1.48. The molecule has 1 aliphatic heterocycles. The van der Waals surface area contributed by atoms with E-state index in [0.717, 1.165) is 40.6 Å². The number of anilines is 1. The Kier molecular flexibility index (Phi) is 7.10. The van der Waals surface area contributed by atoms with Gasteiger partial charge in [0.2, 0.25) is 0 Å². The number of hydrogen-bond acceptors (Lipinski definition) is 5. The molecule has 6 nitrogen and oxygen atoms in total. The van der Waals surface area contributed by atoms with Crippen molar-refractivity contribution in [2.24, 2.45) is 5.10 Å². The van der Waals surface area contributed by atoms with Crippen molar-refractivity contribution in [2.75, 3.05) is 25.2 Å². The lowest BCUT2D eigenvalue weighted by atomic mass is 9.87. The first-order chi connectivity index (χ1) is 16.8. The highest BCUT2D eigenvalue weighted by Gasteiger charge is 2.31. The molecule has 0 aromatic heterocycles. The average Bonchev–Trinajstić information content (AvgIpc) is 2.84. The molecular formula is C29H33N3O3. The zero-order valence-corrected chi connectivity index (χ0v) is 21.1. The number of fused-ring (bicyclic) bond motifs is 2. The zero-order valence-electron chi connectivity index (χ0n) is 21.1. The molecule has 0 atom stereocenters. The first kappa shape index (κ1) is 24.3. The van der Waals surface area contributed by atoms with E-state index in [1.807, 2.05) is 42.5 Å². The van der Waals surface area contributed by atoms with Crippen LogP contribution >= 0.6 is 0 Å². The third kappa shape index (κ3) is 5.16. The van der Waals surface area contributed by atoms with Crippen LogP contribution in [0.3, 0.4) is 0 Å².